The van der Waals surface area contributed by atoms with Crippen LogP contribution in [0.25, 0.3) is 0 Å². The lowest BCUT2D eigenvalue weighted by atomic mass is 10.1. The molecule has 2 fully saturated rings. The van der Waals surface area contributed by atoms with Gasteiger partial charge in [0.15, 0.2) is 0 Å². The van der Waals surface area contributed by atoms with E-state index in [1.807, 2.05) is 11.0 Å². The standard InChI is InChI=1S/C17H25N3O2/c1-14-11-18-7-8-20(14)17(21)16-13-19(9-10-22-16)12-15-5-3-2-4-6-15/h2-6,14,16,18H,7-13H2,1H3/t14-,16+/m1/s1. The number of piperazine rings is 1. The van der Waals surface area contributed by atoms with Crippen LogP contribution in [0.5, 0.6) is 0 Å². The molecule has 5 nitrogen and oxygen atoms in total. The average Bonchev–Trinajstić information content (AvgIpc) is 2.56. The van der Waals surface area contributed by atoms with E-state index in [2.05, 4.69) is 41.4 Å². The molecule has 5 heteroatoms. The molecule has 0 unspecified atom stereocenters. The number of nitrogens with one attached hydrogen (secondary N) is 1. The molecule has 1 aromatic carbocycles. The Kier molecular flexibility index (Phi) is 5.08. The Morgan fingerprint density at radius 3 is 2.91 bits per heavy atom. The second-order valence-corrected chi connectivity index (χ2v) is 6.16. The number of carbonyl (C=O) groups is 1. The zero-order valence-corrected chi connectivity index (χ0v) is 13.2. The van der Waals surface area contributed by atoms with Gasteiger partial charge >= 0.3 is 0 Å². The van der Waals surface area contributed by atoms with Gasteiger partial charge in [0.25, 0.3) is 5.91 Å². The van der Waals surface area contributed by atoms with Crippen molar-refractivity contribution in [2.24, 2.45) is 0 Å². The molecule has 0 radical (unpaired) electrons. The average molecular weight is 303 g/mol. The van der Waals surface area contributed by atoms with Crippen LogP contribution in [0, 0.1) is 0 Å². The summed E-state index contributed by atoms with van der Waals surface area (Å²) in [5.74, 6) is 0.145. The van der Waals surface area contributed by atoms with Gasteiger partial charge in [-0.05, 0) is 12.5 Å². The summed E-state index contributed by atoms with van der Waals surface area (Å²) in [6, 6.07) is 10.6. The molecule has 2 saturated heterocycles. The molecule has 2 atom stereocenters. The molecule has 3 rings (SSSR count). The van der Waals surface area contributed by atoms with E-state index in [0.29, 0.717) is 13.2 Å². The van der Waals surface area contributed by atoms with Crippen LogP contribution in [0.2, 0.25) is 0 Å². The first-order valence-electron chi connectivity index (χ1n) is 8.13. The second-order valence-electron chi connectivity index (χ2n) is 6.16. The lowest BCUT2D eigenvalue weighted by Gasteiger charge is -2.39. The largest absolute Gasteiger partial charge is 0.366 e. The van der Waals surface area contributed by atoms with Crippen molar-refractivity contribution in [3.05, 3.63) is 35.9 Å². The highest BCUT2D eigenvalue weighted by Gasteiger charge is 2.33. The van der Waals surface area contributed by atoms with Gasteiger partial charge in [0.1, 0.15) is 6.10 Å². The van der Waals surface area contributed by atoms with Gasteiger partial charge in [0.05, 0.1) is 6.61 Å². The number of ether oxygens (including phenoxy) is 1. The number of hydrogen-bond acceptors (Lipinski definition) is 4. The fourth-order valence-electron chi connectivity index (χ4n) is 3.19. The van der Waals surface area contributed by atoms with Gasteiger partial charge in [-0.2, -0.15) is 0 Å². The Hall–Kier alpha value is -1.43. The molecule has 1 aromatic rings. The number of benzene rings is 1. The molecule has 2 heterocycles. The smallest absolute Gasteiger partial charge is 0.253 e. The summed E-state index contributed by atoms with van der Waals surface area (Å²) in [5, 5.41) is 3.32. The highest BCUT2D eigenvalue weighted by Crippen LogP contribution is 2.14. The maximum atomic E-state index is 12.7. The zero-order chi connectivity index (χ0) is 15.4. The molecular weight excluding hydrogens is 278 g/mol. The van der Waals surface area contributed by atoms with Crippen molar-refractivity contribution in [2.45, 2.75) is 25.6 Å². The summed E-state index contributed by atoms with van der Waals surface area (Å²) in [5.41, 5.74) is 1.28. The number of hydrogen-bond donors (Lipinski definition) is 1. The summed E-state index contributed by atoms with van der Waals surface area (Å²) in [7, 11) is 0. The van der Waals surface area contributed by atoms with E-state index in [0.717, 1.165) is 32.7 Å². The highest BCUT2D eigenvalue weighted by molar-refractivity contribution is 5.81. The monoisotopic (exact) mass is 303 g/mol. The summed E-state index contributed by atoms with van der Waals surface area (Å²) >= 11 is 0. The maximum absolute atomic E-state index is 12.7. The van der Waals surface area contributed by atoms with E-state index in [1.165, 1.54) is 5.56 Å². The molecule has 2 aliphatic rings. The third-order valence-corrected chi connectivity index (χ3v) is 4.46. The Morgan fingerprint density at radius 1 is 1.32 bits per heavy atom. The first-order valence-corrected chi connectivity index (χ1v) is 8.13. The Morgan fingerprint density at radius 2 is 2.14 bits per heavy atom. The molecule has 2 aliphatic heterocycles. The van der Waals surface area contributed by atoms with Crippen molar-refractivity contribution < 1.29 is 9.53 Å². The van der Waals surface area contributed by atoms with Crippen molar-refractivity contribution >= 4 is 5.91 Å². The number of carbonyl (C=O) groups excluding carboxylic acids is 1. The van der Waals surface area contributed by atoms with E-state index < -0.39 is 0 Å². The molecule has 22 heavy (non-hydrogen) atoms. The fourth-order valence-corrected chi connectivity index (χ4v) is 3.19. The Labute approximate surface area is 132 Å². The Balaban J connectivity index is 1.59. The minimum atomic E-state index is -0.321. The normalized spacial score (nSPS) is 26.9. The molecule has 0 bridgehead atoms. The molecule has 1 N–H and O–H groups in total. The van der Waals surface area contributed by atoms with E-state index >= 15 is 0 Å². The van der Waals surface area contributed by atoms with Crippen molar-refractivity contribution in [1.29, 1.82) is 0 Å². The van der Waals surface area contributed by atoms with E-state index in [-0.39, 0.29) is 18.1 Å². The lowest BCUT2D eigenvalue weighted by Crippen LogP contribution is -2.58. The van der Waals surface area contributed by atoms with Crippen LogP contribution in [0.3, 0.4) is 0 Å². The third-order valence-electron chi connectivity index (χ3n) is 4.46. The molecular formula is C17H25N3O2. The second kappa shape index (κ2) is 7.22. The van der Waals surface area contributed by atoms with Crippen LogP contribution in [-0.4, -0.2) is 67.2 Å². The topological polar surface area (TPSA) is 44.8 Å². The van der Waals surface area contributed by atoms with Crippen LogP contribution < -0.4 is 5.32 Å². The van der Waals surface area contributed by atoms with Gasteiger partial charge in [0, 0.05) is 45.3 Å². The van der Waals surface area contributed by atoms with Gasteiger partial charge in [-0.1, -0.05) is 30.3 Å². The van der Waals surface area contributed by atoms with Crippen molar-refractivity contribution in [1.82, 2.24) is 15.1 Å². The summed E-state index contributed by atoms with van der Waals surface area (Å²) < 4.78 is 5.76. The number of morpholine rings is 1. The number of amides is 1. The fraction of sp³-hybridized carbons (Fsp3) is 0.588. The van der Waals surface area contributed by atoms with Gasteiger partial charge < -0.3 is 15.0 Å². The molecule has 0 aliphatic carbocycles. The van der Waals surface area contributed by atoms with Crippen LogP contribution >= 0.6 is 0 Å². The predicted octanol–water partition coefficient (Wildman–Crippen LogP) is 0.708. The van der Waals surface area contributed by atoms with Gasteiger partial charge in [-0.3, -0.25) is 9.69 Å². The molecule has 120 valence electrons. The van der Waals surface area contributed by atoms with E-state index in [1.54, 1.807) is 0 Å². The molecule has 0 spiro atoms. The first-order chi connectivity index (χ1) is 10.7. The lowest BCUT2D eigenvalue weighted by molar-refractivity contribution is -0.152. The molecule has 0 aromatic heterocycles. The first kappa shape index (κ1) is 15.5. The SMILES string of the molecule is C[C@@H]1CNCCN1C(=O)[C@@H]1CN(Cc2ccccc2)CCO1. The van der Waals surface area contributed by atoms with Crippen LogP contribution in [-0.2, 0) is 16.1 Å². The third kappa shape index (κ3) is 3.66. The number of rotatable bonds is 3. The van der Waals surface area contributed by atoms with Crippen molar-refractivity contribution in [2.75, 3.05) is 39.3 Å². The summed E-state index contributed by atoms with van der Waals surface area (Å²) in [4.78, 5) is 17.0. The quantitative estimate of drug-likeness (QED) is 0.893. The van der Waals surface area contributed by atoms with Crippen molar-refractivity contribution in [3.8, 4) is 0 Å². The van der Waals surface area contributed by atoms with Crippen LogP contribution in [0.1, 0.15) is 12.5 Å². The Bertz CT molecular complexity index is 494. The van der Waals surface area contributed by atoms with Gasteiger partial charge in [-0.25, -0.2) is 0 Å². The minimum Gasteiger partial charge on any atom is -0.366 e. The molecule has 0 saturated carbocycles. The summed E-state index contributed by atoms with van der Waals surface area (Å²) in [6.45, 7) is 7.69. The minimum absolute atomic E-state index is 0.145. The number of nitrogens with zero attached hydrogens (tertiary/aromatic N) is 2. The van der Waals surface area contributed by atoms with E-state index in [4.69, 9.17) is 4.74 Å². The zero-order valence-electron chi connectivity index (χ0n) is 13.2. The van der Waals surface area contributed by atoms with E-state index in [9.17, 15) is 4.79 Å². The van der Waals surface area contributed by atoms with Gasteiger partial charge in [-0.15, -0.1) is 0 Å². The molecule has 1 amide bonds. The maximum Gasteiger partial charge on any atom is 0.253 e. The van der Waals surface area contributed by atoms with Gasteiger partial charge in [0.2, 0.25) is 0 Å². The van der Waals surface area contributed by atoms with Crippen LogP contribution in [0.4, 0.5) is 0 Å². The summed E-state index contributed by atoms with van der Waals surface area (Å²) in [6.07, 6.45) is -0.321. The van der Waals surface area contributed by atoms with Crippen molar-refractivity contribution in [3.63, 3.8) is 0 Å². The van der Waals surface area contributed by atoms with Crippen LogP contribution in [0.15, 0.2) is 30.3 Å². The highest BCUT2D eigenvalue weighted by atomic mass is 16.5. The predicted molar refractivity (Wildman–Crippen MR) is 85.5 cm³/mol.